The van der Waals surface area contributed by atoms with Crippen LogP contribution in [0.2, 0.25) is 0 Å². The van der Waals surface area contributed by atoms with Crippen molar-refractivity contribution >= 4 is 16.9 Å². The van der Waals surface area contributed by atoms with Gasteiger partial charge in [-0.15, -0.1) is 0 Å². The zero-order chi connectivity index (χ0) is 20.6. The van der Waals surface area contributed by atoms with Crippen LogP contribution in [0.4, 0.5) is 5.82 Å². The predicted molar refractivity (Wildman–Crippen MR) is 122 cm³/mol. The normalized spacial score (nSPS) is 18.8. The van der Waals surface area contributed by atoms with Crippen LogP contribution in [0.3, 0.4) is 0 Å². The minimum absolute atomic E-state index is 0.137. The lowest BCUT2D eigenvalue weighted by Crippen LogP contribution is -2.43. The summed E-state index contributed by atoms with van der Waals surface area (Å²) in [4.78, 5) is 11.9. The van der Waals surface area contributed by atoms with E-state index in [2.05, 4.69) is 75.4 Å². The standard InChI is InChI=1S/C25H25N5O/c1-2-4-18(5-3-1)23-16-31-17-25-28-21-8-6-19(14-22(21)30(23)25)20-7-9-24(27-15-20)29-12-10-26-11-13-29/h1-9,14-15,23,26H,10-13,16-17H2. The van der Waals surface area contributed by atoms with Crippen molar-refractivity contribution in [3.63, 3.8) is 0 Å². The first-order chi connectivity index (χ1) is 15.4. The van der Waals surface area contributed by atoms with Crippen LogP contribution in [0.15, 0.2) is 66.9 Å². The molecule has 0 amide bonds. The third kappa shape index (κ3) is 3.38. The Hall–Kier alpha value is -3.22. The Kier molecular flexibility index (Phi) is 4.66. The van der Waals surface area contributed by atoms with Crippen molar-refractivity contribution in [3.05, 3.63) is 78.2 Å². The number of nitrogens with one attached hydrogen (secondary N) is 1. The number of ether oxygens (including phenoxy) is 1. The van der Waals surface area contributed by atoms with Crippen LogP contribution in [0, 0.1) is 0 Å². The molecule has 1 saturated heterocycles. The van der Waals surface area contributed by atoms with Crippen molar-refractivity contribution in [3.8, 4) is 11.1 Å². The zero-order valence-corrected chi connectivity index (χ0v) is 17.4. The van der Waals surface area contributed by atoms with E-state index in [0.29, 0.717) is 13.2 Å². The molecule has 2 aliphatic heterocycles. The molecule has 156 valence electrons. The summed E-state index contributed by atoms with van der Waals surface area (Å²) < 4.78 is 8.22. The Morgan fingerprint density at radius 2 is 1.77 bits per heavy atom. The van der Waals surface area contributed by atoms with E-state index in [1.807, 2.05) is 6.20 Å². The number of anilines is 1. The molecule has 31 heavy (non-hydrogen) atoms. The lowest BCUT2D eigenvalue weighted by molar-refractivity contribution is 0.0679. The van der Waals surface area contributed by atoms with Gasteiger partial charge in [0.05, 0.1) is 23.7 Å². The highest BCUT2D eigenvalue weighted by Gasteiger charge is 2.25. The van der Waals surface area contributed by atoms with Gasteiger partial charge in [-0.3, -0.25) is 0 Å². The van der Waals surface area contributed by atoms with E-state index in [0.717, 1.165) is 60.0 Å². The first kappa shape index (κ1) is 18.5. The third-order valence-corrected chi connectivity index (χ3v) is 6.29. The second-order valence-corrected chi connectivity index (χ2v) is 8.19. The Balaban J connectivity index is 1.38. The van der Waals surface area contributed by atoms with Gasteiger partial charge in [-0.1, -0.05) is 36.4 Å². The third-order valence-electron chi connectivity index (χ3n) is 6.29. The maximum absolute atomic E-state index is 5.88. The average Bonchev–Trinajstić information content (AvgIpc) is 3.23. The average molecular weight is 412 g/mol. The van der Waals surface area contributed by atoms with E-state index < -0.39 is 0 Å². The number of pyridine rings is 1. The second kappa shape index (κ2) is 7.80. The summed E-state index contributed by atoms with van der Waals surface area (Å²) in [5.74, 6) is 2.04. The Morgan fingerprint density at radius 1 is 0.935 bits per heavy atom. The van der Waals surface area contributed by atoms with Crippen molar-refractivity contribution in [2.45, 2.75) is 12.6 Å². The molecule has 0 radical (unpaired) electrons. The zero-order valence-electron chi connectivity index (χ0n) is 17.4. The smallest absolute Gasteiger partial charge is 0.136 e. The van der Waals surface area contributed by atoms with Crippen molar-refractivity contribution in [2.75, 3.05) is 37.7 Å². The van der Waals surface area contributed by atoms with Crippen molar-refractivity contribution in [2.24, 2.45) is 0 Å². The number of fused-ring (bicyclic) bond motifs is 3. The van der Waals surface area contributed by atoms with Crippen molar-refractivity contribution in [1.29, 1.82) is 0 Å². The molecule has 1 unspecified atom stereocenters. The van der Waals surface area contributed by atoms with Gasteiger partial charge >= 0.3 is 0 Å². The predicted octanol–water partition coefficient (Wildman–Crippen LogP) is 3.63. The van der Waals surface area contributed by atoms with Crippen LogP contribution in [0.1, 0.15) is 17.4 Å². The maximum atomic E-state index is 5.88. The molecule has 1 fully saturated rings. The number of benzene rings is 2. The molecular formula is C25H25N5O. The molecule has 0 aliphatic carbocycles. The Morgan fingerprint density at radius 3 is 2.58 bits per heavy atom. The van der Waals surface area contributed by atoms with E-state index in [1.165, 1.54) is 5.56 Å². The largest absolute Gasteiger partial charge is 0.371 e. The summed E-state index contributed by atoms with van der Waals surface area (Å²) >= 11 is 0. The molecule has 2 aromatic heterocycles. The van der Waals surface area contributed by atoms with Crippen LogP contribution in [-0.4, -0.2) is 47.3 Å². The summed E-state index contributed by atoms with van der Waals surface area (Å²) in [6.45, 7) is 5.24. The highest BCUT2D eigenvalue weighted by Crippen LogP contribution is 2.33. The maximum Gasteiger partial charge on any atom is 0.136 e. The van der Waals surface area contributed by atoms with Crippen LogP contribution >= 0.6 is 0 Å². The lowest BCUT2D eigenvalue weighted by atomic mass is 10.0. The molecule has 6 rings (SSSR count). The minimum Gasteiger partial charge on any atom is -0.371 e. The van der Waals surface area contributed by atoms with Crippen molar-refractivity contribution in [1.82, 2.24) is 19.9 Å². The Labute approximate surface area is 181 Å². The monoisotopic (exact) mass is 411 g/mol. The number of nitrogens with zero attached hydrogens (tertiary/aromatic N) is 4. The number of rotatable bonds is 3. The van der Waals surface area contributed by atoms with E-state index in [1.54, 1.807) is 0 Å². The Bertz CT molecular complexity index is 1200. The molecule has 1 N–H and O–H groups in total. The van der Waals surface area contributed by atoms with Gasteiger partial charge < -0.3 is 19.5 Å². The fraction of sp³-hybridized carbons (Fsp3) is 0.280. The highest BCUT2D eigenvalue weighted by atomic mass is 16.5. The fourth-order valence-electron chi connectivity index (χ4n) is 4.67. The van der Waals surface area contributed by atoms with Crippen molar-refractivity contribution < 1.29 is 4.74 Å². The SMILES string of the molecule is c1ccc(C2COCc3nc4ccc(-c5ccc(N6CCNCC6)nc5)cc4n32)cc1. The van der Waals surface area contributed by atoms with Gasteiger partial charge in [-0.2, -0.15) is 0 Å². The van der Waals surface area contributed by atoms with Crippen LogP contribution < -0.4 is 10.2 Å². The molecule has 0 saturated carbocycles. The van der Waals surface area contributed by atoms with Gasteiger partial charge in [0.1, 0.15) is 18.2 Å². The van der Waals surface area contributed by atoms with Gasteiger partial charge in [0.25, 0.3) is 0 Å². The lowest BCUT2D eigenvalue weighted by Gasteiger charge is -2.28. The van der Waals surface area contributed by atoms with Crippen LogP contribution in [0.5, 0.6) is 0 Å². The summed E-state index contributed by atoms with van der Waals surface area (Å²) in [6, 6.07) is 21.5. The molecule has 2 aromatic carbocycles. The van der Waals surface area contributed by atoms with E-state index in [9.17, 15) is 0 Å². The summed E-state index contributed by atoms with van der Waals surface area (Å²) in [5, 5.41) is 3.39. The molecule has 4 aromatic rings. The molecule has 4 heterocycles. The van der Waals surface area contributed by atoms with Gasteiger partial charge in [-0.25, -0.2) is 9.97 Å². The van der Waals surface area contributed by atoms with Gasteiger partial charge in [-0.05, 0) is 35.4 Å². The molecular weight excluding hydrogens is 386 g/mol. The quantitative estimate of drug-likeness (QED) is 0.558. The molecule has 0 spiro atoms. The highest BCUT2D eigenvalue weighted by molar-refractivity contribution is 5.83. The number of hydrogen-bond acceptors (Lipinski definition) is 5. The summed E-state index contributed by atoms with van der Waals surface area (Å²) in [7, 11) is 0. The van der Waals surface area contributed by atoms with Crippen LogP contribution in [-0.2, 0) is 11.3 Å². The van der Waals surface area contributed by atoms with E-state index >= 15 is 0 Å². The van der Waals surface area contributed by atoms with Gasteiger partial charge in [0.2, 0.25) is 0 Å². The molecule has 1 atom stereocenters. The number of hydrogen-bond donors (Lipinski definition) is 1. The first-order valence-electron chi connectivity index (χ1n) is 10.9. The van der Waals surface area contributed by atoms with Gasteiger partial charge in [0, 0.05) is 37.9 Å². The summed E-state index contributed by atoms with van der Waals surface area (Å²) in [6.07, 6.45) is 1.99. The van der Waals surface area contributed by atoms with E-state index in [4.69, 9.17) is 14.7 Å². The fourth-order valence-corrected chi connectivity index (χ4v) is 4.67. The minimum atomic E-state index is 0.137. The summed E-state index contributed by atoms with van der Waals surface area (Å²) in [5.41, 5.74) is 5.69. The topological polar surface area (TPSA) is 55.2 Å². The number of aromatic nitrogens is 3. The second-order valence-electron chi connectivity index (χ2n) is 8.19. The first-order valence-corrected chi connectivity index (χ1v) is 10.9. The molecule has 0 bridgehead atoms. The molecule has 6 nitrogen and oxygen atoms in total. The molecule has 6 heteroatoms. The number of piperazine rings is 1. The van der Waals surface area contributed by atoms with E-state index in [-0.39, 0.29) is 6.04 Å². The van der Waals surface area contributed by atoms with Crippen LogP contribution in [0.25, 0.3) is 22.2 Å². The molecule has 2 aliphatic rings. The van der Waals surface area contributed by atoms with Gasteiger partial charge in [0.15, 0.2) is 0 Å². The number of imidazole rings is 1.